The van der Waals surface area contributed by atoms with Crippen molar-refractivity contribution >= 4 is 52.7 Å². The number of likely N-dealkylation sites (N-methyl/N-ethyl adjacent to an activating group) is 1. The van der Waals surface area contributed by atoms with Crippen molar-refractivity contribution in [2.24, 2.45) is 0 Å². The van der Waals surface area contributed by atoms with Crippen LogP contribution in [0.15, 0.2) is 42.6 Å². The Morgan fingerprint density at radius 1 is 1.04 bits per heavy atom. The number of ether oxygens (including phenoxy) is 1. The lowest BCUT2D eigenvalue weighted by Crippen LogP contribution is -2.55. The lowest BCUT2D eigenvalue weighted by molar-refractivity contribution is -0.137. The zero-order chi connectivity index (χ0) is 37.9. The molecule has 0 radical (unpaired) electrons. The largest absolute Gasteiger partial charge is 0.495 e. The first-order valence-corrected chi connectivity index (χ1v) is 19.1. The summed E-state index contributed by atoms with van der Waals surface area (Å²) in [5.41, 5.74) is 4.43. The smallest absolute Gasteiger partial charge is 0.255 e. The van der Waals surface area contributed by atoms with Crippen LogP contribution in [0.2, 0.25) is 0 Å². The summed E-state index contributed by atoms with van der Waals surface area (Å²) < 4.78 is 5.66. The molecule has 54 heavy (non-hydrogen) atoms. The molecule has 5 amide bonds. The minimum atomic E-state index is -0.632. The molecule has 14 heteroatoms. The fourth-order valence-corrected chi connectivity index (χ4v) is 8.30. The third-order valence-electron chi connectivity index (χ3n) is 11.2. The highest BCUT2D eigenvalue weighted by Crippen LogP contribution is 2.40. The number of hydrogen-bond donors (Lipinski definition) is 3. The van der Waals surface area contributed by atoms with Crippen molar-refractivity contribution in [2.75, 3.05) is 35.8 Å². The van der Waals surface area contributed by atoms with E-state index in [-0.39, 0.29) is 42.1 Å². The van der Waals surface area contributed by atoms with Crippen LogP contribution in [0.1, 0.15) is 103 Å². The van der Waals surface area contributed by atoms with Crippen molar-refractivity contribution in [1.29, 1.82) is 0 Å². The molecule has 1 saturated carbocycles. The summed E-state index contributed by atoms with van der Waals surface area (Å²) in [4.78, 5) is 78.4. The summed E-state index contributed by atoms with van der Waals surface area (Å²) in [7, 11) is 3.33. The summed E-state index contributed by atoms with van der Waals surface area (Å²) in [6, 6.07) is 10.3. The number of unbranched alkanes of at least 4 members (excludes halogenated alkanes) is 2. The number of anilines is 4. The number of nitrogens with zero attached hydrogens (tertiary/aromatic N) is 5. The number of rotatable bonds is 13. The van der Waals surface area contributed by atoms with Crippen LogP contribution >= 0.6 is 0 Å². The van der Waals surface area contributed by atoms with Gasteiger partial charge in [-0.05, 0) is 80.3 Å². The van der Waals surface area contributed by atoms with Crippen LogP contribution in [0, 0.1) is 0 Å². The molecule has 7 rings (SSSR count). The van der Waals surface area contributed by atoms with Gasteiger partial charge in [-0.25, -0.2) is 4.98 Å². The summed E-state index contributed by atoms with van der Waals surface area (Å²) in [5.74, 6) is 0.581. The van der Waals surface area contributed by atoms with Crippen LogP contribution < -0.4 is 30.5 Å². The number of carbonyl (C=O) groups is 5. The second kappa shape index (κ2) is 15.8. The fourth-order valence-electron chi connectivity index (χ4n) is 8.30. The van der Waals surface area contributed by atoms with Crippen LogP contribution in [0.25, 0.3) is 0 Å². The molecule has 2 aromatic carbocycles. The van der Waals surface area contributed by atoms with E-state index in [4.69, 9.17) is 9.72 Å². The van der Waals surface area contributed by atoms with Gasteiger partial charge in [0.05, 0.1) is 19.0 Å². The normalized spacial score (nSPS) is 19.9. The van der Waals surface area contributed by atoms with Gasteiger partial charge in [-0.3, -0.25) is 29.3 Å². The first kappa shape index (κ1) is 36.8. The molecule has 3 aromatic rings. The Morgan fingerprint density at radius 2 is 1.85 bits per heavy atom. The van der Waals surface area contributed by atoms with Crippen LogP contribution in [0.4, 0.5) is 23.1 Å². The molecule has 4 aliphatic rings. The van der Waals surface area contributed by atoms with Crippen molar-refractivity contribution in [1.82, 2.24) is 25.5 Å². The molecule has 2 fully saturated rings. The highest BCUT2D eigenvalue weighted by Gasteiger charge is 2.42. The van der Waals surface area contributed by atoms with Gasteiger partial charge in [0, 0.05) is 43.7 Å². The van der Waals surface area contributed by atoms with E-state index < -0.39 is 11.9 Å². The average molecular weight is 737 g/mol. The number of piperidine rings is 1. The molecule has 4 heterocycles. The number of fused-ring (bicyclic) bond motifs is 2. The van der Waals surface area contributed by atoms with Gasteiger partial charge in [-0.2, -0.15) is 4.98 Å². The highest BCUT2D eigenvalue weighted by molar-refractivity contribution is 6.06. The number of imide groups is 1. The molecule has 14 nitrogen and oxygen atoms in total. The summed E-state index contributed by atoms with van der Waals surface area (Å²) >= 11 is 0. The monoisotopic (exact) mass is 736 g/mol. The van der Waals surface area contributed by atoms with Crippen LogP contribution in [-0.4, -0.2) is 83.2 Å². The Labute approximate surface area is 315 Å². The van der Waals surface area contributed by atoms with Gasteiger partial charge in [0.15, 0.2) is 5.82 Å². The zero-order valence-corrected chi connectivity index (χ0v) is 31.2. The minimum absolute atomic E-state index is 0.0622. The van der Waals surface area contributed by atoms with Crippen LogP contribution in [0.3, 0.4) is 0 Å². The van der Waals surface area contributed by atoms with Crippen molar-refractivity contribution in [3.05, 3.63) is 64.8 Å². The van der Waals surface area contributed by atoms with Crippen molar-refractivity contribution < 1.29 is 28.7 Å². The lowest BCUT2D eigenvalue weighted by Gasteiger charge is -2.43. The molecule has 1 aromatic heterocycles. The average Bonchev–Trinajstić information content (AvgIpc) is 3.83. The lowest BCUT2D eigenvalue weighted by atomic mass is 9.98. The van der Waals surface area contributed by atoms with Crippen molar-refractivity contribution in [2.45, 2.75) is 102 Å². The van der Waals surface area contributed by atoms with E-state index in [1.54, 1.807) is 54.4 Å². The van der Waals surface area contributed by atoms with Crippen LogP contribution in [0.5, 0.6) is 5.75 Å². The number of amides is 5. The van der Waals surface area contributed by atoms with Crippen molar-refractivity contribution in [3.63, 3.8) is 0 Å². The second-order valence-corrected chi connectivity index (χ2v) is 14.5. The molecule has 3 N–H and O–H groups in total. The van der Waals surface area contributed by atoms with Gasteiger partial charge < -0.3 is 30.1 Å². The topological polar surface area (TPSA) is 166 Å². The van der Waals surface area contributed by atoms with Gasteiger partial charge in [0.1, 0.15) is 23.5 Å². The third kappa shape index (κ3) is 7.21. The first-order valence-electron chi connectivity index (χ1n) is 19.1. The van der Waals surface area contributed by atoms with Gasteiger partial charge in [-0.1, -0.05) is 38.3 Å². The minimum Gasteiger partial charge on any atom is -0.495 e. The Morgan fingerprint density at radius 3 is 2.61 bits per heavy atom. The number of hydrogen-bond acceptors (Lipinski definition) is 10. The van der Waals surface area contributed by atoms with Gasteiger partial charge in [-0.15, -0.1) is 0 Å². The number of aromatic nitrogens is 2. The zero-order valence-electron chi connectivity index (χ0n) is 31.2. The Bertz CT molecular complexity index is 1960. The Balaban J connectivity index is 0.922. The maximum absolute atomic E-state index is 13.2. The SMILES string of the molecule is CC[C@@H]1C(=O)N(C)c2cnc(Nc3ccc(C(=O)NCCCCCc4cccc5c4CN(C4CCC(=O)NC4=O)C5=O)cc3OC)nc2N1C1CCCC1. The van der Waals surface area contributed by atoms with E-state index in [9.17, 15) is 24.0 Å². The maximum atomic E-state index is 13.2. The first-order chi connectivity index (χ1) is 26.2. The van der Waals surface area contributed by atoms with Gasteiger partial charge >= 0.3 is 0 Å². The predicted molar refractivity (Wildman–Crippen MR) is 203 cm³/mol. The van der Waals surface area contributed by atoms with E-state index in [2.05, 4.69) is 25.8 Å². The summed E-state index contributed by atoms with van der Waals surface area (Å²) in [6.07, 6.45) is 10.6. The molecule has 284 valence electrons. The quantitative estimate of drug-likeness (QED) is 0.166. The molecule has 1 aliphatic carbocycles. The van der Waals surface area contributed by atoms with E-state index >= 15 is 0 Å². The molecule has 0 spiro atoms. The molecular weight excluding hydrogens is 688 g/mol. The maximum Gasteiger partial charge on any atom is 0.255 e. The highest BCUT2D eigenvalue weighted by atomic mass is 16.5. The summed E-state index contributed by atoms with van der Waals surface area (Å²) in [6.45, 7) is 2.91. The molecule has 3 aliphatic heterocycles. The predicted octanol–water partition coefficient (Wildman–Crippen LogP) is 4.64. The van der Waals surface area contributed by atoms with E-state index in [1.165, 1.54) is 0 Å². The number of methoxy groups -OCH3 is 1. The number of benzene rings is 2. The van der Waals surface area contributed by atoms with Crippen molar-refractivity contribution in [3.8, 4) is 5.75 Å². The number of nitrogens with one attached hydrogen (secondary N) is 3. The van der Waals surface area contributed by atoms with Crippen LogP contribution in [-0.2, 0) is 27.3 Å². The van der Waals surface area contributed by atoms with E-state index in [1.807, 2.05) is 19.1 Å². The Hall–Kier alpha value is -5.53. The number of aryl methyl sites for hydroxylation is 1. The molecule has 1 saturated heterocycles. The molecular formula is C40H48N8O6. The van der Waals surface area contributed by atoms with E-state index in [0.717, 1.165) is 68.3 Å². The van der Waals surface area contributed by atoms with E-state index in [0.29, 0.717) is 60.1 Å². The fraction of sp³-hybridized carbons (Fsp3) is 0.475. The van der Waals surface area contributed by atoms with Gasteiger partial charge in [0.2, 0.25) is 23.7 Å². The Kier molecular flexibility index (Phi) is 10.8. The molecule has 1 unspecified atom stereocenters. The van der Waals surface area contributed by atoms with Gasteiger partial charge in [0.25, 0.3) is 11.8 Å². The second-order valence-electron chi connectivity index (χ2n) is 14.5. The molecule has 2 atom stereocenters. The number of carbonyl (C=O) groups excluding carboxylic acids is 5. The summed E-state index contributed by atoms with van der Waals surface area (Å²) in [5, 5.41) is 8.63. The standard InChI is InChI=1S/C40H48N8O6/c1-4-30-39(53)46(2)32-22-42-40(45-35(32)48(30)26-13-7-8-14-26)43-29-17-16-25(21-33(29)54-3)36(50)41-20-9-5-6-11-24-12-10-15-27-28(24)23-47(38(27)52)31-18-19-34(49)44-37(31)51/h10,12,15-17,21-22,26,30-31H,4-9,11,13-14,18-20,23H2,1-3H3,(H,41,50)(H,42,43,45)(H,44,49,51)/t30-,31?/m1/s1. The molecule has 0 bridgehead atoms. The third-order valence-corrected chi connectivity index (χ3v) is 11.2.